The smallest absolute Gasteiger partial charge is 0.394 e. The van der Waals surface area contributed by atoms with E-state index in [1.165, 1.54) is 0 Å². The zero-order valence-electron chi connectivity index (χ0n) is 10.4. The Bertz CT molecular complexity index is 400. The molecule has 120 valence electrons. The summed E-state index contributed by atoms with van der Waals surface area (Å²) in [6, 6.07) is 0. The van der Waals surface area contributed by atoms with Crippen LogP contribution in [0.5, 0.6) is 0 Å². The third-order valence-electron chi connectivity index (χ3n) is 3.01. The Morgan fingerprint density at radius 1 is 1.30 bits per heavy atom. The van der Waals surface area contributed by atoms with Gasteiger partial charge in [-0.05, 0) is 0 Å². The van der Waals surface area contributed by atoms with Gasteiger partial charge in [0.2, 0.25) is 0 Å². The molecule has 11 heteroatoms. The van der Waals surface area contributed by atoms with Crippen molar-refractivity contribution in [1.29, 1.82) is 0 Å². The van der Waals surface area contributed by atoms with Gasteiger partial charge in [0, 0.05) is 10.9 Å². The molecule has 1 saturated heterocycles. The second-order valence-corrected chi connectivity index (χ2v) is 7.86. The van der Waals surface area contributed by atoms with Crippen molar-refractivity contribution >= 4 is 21.3 Å². The predicted molar refractivity (Wildman–Crippen MR) is 69.5 cm³/mol. The highest BCUT2D eigenvalue weighted by atomic mass is 32.3. The van der Waals surface area contributed by atoms with E-state index in [-0.39, 0.29) is 11.5 Å². The fourth-order valence-corrected chi connectivity index (χ4v) is 5.20. The van der Waals surface area contributed by atoms with E-state index in [1.54, 1.807) is 0 Å². The van der Waals surface area contributed by atoms with Gasteiger partial charge in [0.25, 0.3) is 0 Å². The third-order valence-corrected chi connectivity index (χ3v) is 6.32. The molecule has 0 aromatic carbocycles. The number of hydrogen-bond acceptors (Lipinski definition) is 8. The molecule has 1 heterocycles. The van der Waals surface area contributed by atoms with Crippen LogP contribution >= 0.6 is 0 Å². The molecular formula is C9H19O9S2+. The van der Waals surface area contributed by atoms with Crippen LogP contribution in [0.2, 0.25) is 0 Å². The van der Waals surface area contributed by atoms with Crippen LogP contribution in [0.15, 0.2) is 0 Å². The van der Waals surface area contributed by atoms with Gasteiger partial charge < -0.3 is 25.5 Å². The maximum Gasteiger partial charge on any atom is 0.397 e. The van der Waals surface area contributed by atoms with Crippen LogP contribution in [0.3, 0.4) is 0 Å². The number of rotatable bonds is 7. The van der Waals surface area contributed by atoms with E-state index in [9.17, 15) is 23.7 Å². The average molecular weight is 335 g/mol. The molecule has 20 heavy (non-hydrogen) atoms. The van der Waals surface area contributed by atoms with Gasteiger partial charge in [0.05, 0.1) is 13.2 Å². The van der Waals surface area contributed by atoms with E-state index in [1.807, 2.05) is 0 Å². The summed E-state index contributed by atoms with van der Waals surface area (Å²) in [7, 11) is -5.59. The number of aliphatic hydroxyl groups is 5. The molecule has 1 unspecified atom stereocenters. The summed E-state index contributed by atoms with van der Waals surface area (Å²) in [6.45, 7) is -1.23. The van der Waals surface area contributed by atoms with Crippen molar-refractivity contribution < 1.29 is 42.7 Å². The highest BCUT2D eigenvalue weighted by Gasteiger charge is 2.50. The van der Waals surface area contributed by atoms with Crippen LogP contribution < -0.4 is 0 Å². The van der Waals surface area contributed by atoms with Crippen molar-refractivity contribution in [2.75, 3.05) is 24.7 Å². The van der Waals surface area contributed by atoms with E-state index in [0.717, 1.165) is 0 Å². The monoisotopic (exact) mass is 335 g/mol. The molecule has 6 N–H and O–H groups in total. The highest BCUT2D eigenvalue weighted by Crippen LogP contribution is 2.25. The van der Waals surface area contributed by atoms with Crippen LogP contribution in [0.25, 0.3) is 0 Å². The molecule has 0 radical (unpaired) electrons. The Labute approximate surface area is 119 Å². The maximum absolute atomic E-state index is 10.6. The molecule has 0 aliphatic carbocycles. The molecule has 0 bridgehead atoms. The number of hydrogen-bond donors (Lipinski definition) is 6. The Kier molecular flexibility index (Phi) is 6.63. The quantitative estimate of drug-likeness (QED) is 0.202. The lowest BCUT2D eigenvalue weighted by atomic mass is 10.2. The maximum atomic E-state index is 10.6. The van der Waals surface area contributed by atoms with Crippen molar-refractivity contribution in [3.8, 4) is 0 Å². The fourth-order valence-electron chi connectivity index (χ4n) is 1.99. The van der Waals surface area contributed by atoms with Crippen molar-refractivity contribution in [1.82, 2.24) is 0 Å². The van der Waals surface area contributed by atoms with Gasteiger partial charge in [-0.25, -0.2) is 4.18 Å². The summed E-state index contributed by atoms with van der Waals surface area (Å²) in [6.07, 6.45) is -5.13. The molecule has 1 aliphatic rings. The van der Waals surface area contributed by atoms with Gasteiger partial charge in [-0.15, -0.1) is 0 Å². The van der Waals surface area contributed by atoms with Gasteiger partial charge in [0.1, 0.15) is 35.9 Å². The van der Waals surface area contributed by atoms with E-state index in [2.05, 4.69) is 4.18 Å². The standard InChI is InChI=1S/C9H18O9S2/c10-1-7(18-20(15,16)17)5(12)3-19-4-6(13)9(14)8(19)2-11/h5-14H,1-4H2/p+1/t5-,6+,7+,8+,9-,19?/m1/s1. The summed E-state index contributed by atoms with van der Waals surface area (Å²) < 4.78 is 33.8. The summed E-state index contributed by atoms with van der Waals surface area (Å²) in [4.78, 5) is 0. The molecule has 0 amide bonds. The first kappa shape index (κ1) is 18.1. The molecule has 0 aromatic heterocycles. The van der Waals surface area contributed by atoms with Gasteiger partial charge in [-0.2, -0.15) is 8.42 Å². The Balaban J connectivity index is 2.66. The van der Waals surface area contributed by atoms with Gasteiger partial charge in [-0.3, -0.25) is 4.55 Å². The Hall–Kier alpha value is 0.0200. The van der Waals surface area contributed by atoms with Gasteiger partial charge in [-0.1, -0.05) is 0 Å². The molecule has 1 fully saturated rings. The summed E-state index contributed by atoms with van der Waals surface area (Å²) in [5.74, 6) is 0.0631. The largest absolute Gasteiger partial charge is 0.397 e. The lowest BCUT2D eigenvalue weighted by Crippen LogP contribution is -2.42. The molecule has 6 atom stereocenters. The second-order valence-electron chi connectivity index (χ2n) is 4.46. The lowest BCUT2D eigenvalue weighted by molar-refractivity contribution is 0.0112. The summed E-state index contributed by atoms with van der Waals surface area (Å²) >= 11 is 0. The van der Waals surface area contributed by atoms with Crippen molar-refractivity contribution in [2.45, 2.75) is 29.7 Å². The molecule has 1 rings (SSSR count). The third kappa shape index (κ3) is 4.79. The molecule has 0 spiro atoms. The molecule has 0 aromatic rings. The first-order chi connectivity index (χ1) is 9.19. The Morgan fingerprint density at radius 2 is 1.90 bits per heavy atom. The van der Waals surface area contributed by atoms with Gasteiger partial charge in [0.15, 0.2) is 5.25 Å². The highest BCUT2D eigenvalue weighted by molar-refractivity contribution is 7.97. The summed E-state index contributed by atoms with van der Waals surface area (Å²) in [5, 5.41) is 46.4. The minimum Gasteiger partial charge on any atom is -0.394 e. The zero-order valence-corrected chi connectivity index (χ0v) is 12.1. The number of aliphatic hydroxyl groups excluding tert-OH is 5. The van der Waals surface area contributed by atoms with Crippen molar-refractivity contribution in [2.24, 2.45) is 0 Å². The Morgan fingerprint density at radius 3 is 2.35 bits per heavy atom. The van der Waals surface area contributed by atoms with E-state index in [4.69, 9.17) is 14.8 Å². The zero-order chi connectivity index (χ0) is 15.5. The summed E-state index contributed by atoms with van der Waals surface area (Å²) in [5.41, 5.74) is 0. The fraction of sp³-hybridized carbons (Fsp3) is 1.00. The topological polar surface area (TPSA) is 165 Å². The van der Waals surface area contributed by atoms with E-state index < -0.39 is 64.2 Å². The normalized spacial score (nSPS) is 34.1. The minimum absolute atomic E-state index is 0.0832. The molecular weight excluding hydrogens is 316 g/mol. The van der Waals surface area contributed by atoms with Crippen molar-refractivity contribution in [3.05, 3.63) is 0 Å². The van der Waals surface area contributed by atoms with Crippen molar-refractivity contribution in [3.63, 3.8) is 0 Å². The predicted octanol–water partition coefficient (Wildman–Crippen LogP) is -3.76. The van der Waals surface area contributed by atoms with E-state index >= 15 is 0 Å². The van der Waals surface area contributed by atoms with E-state index in [0.29, 0.717) is 0 Å². The lowest BCUT2D eigenvalue weighted by Gasteiger charge is -2.20. The molecule has 9 nitrogen and oxygen atoms in total. The molecule has 0 saturated carbocycles. The van der Waals surface area contributed by atoms with Gasteiger partial charge >= 0.3 is 10.4 Å². The first-order valence-corrected chi connectivity index (χ1v) is 8.76. The SMILES string of the molecule is O=S(=O)(O)O[C@@H](CO)[C@H](O)C[S+]1C[C@H](O)[C@@H](O)[C@@H]1CO. The van der Waals surface area contributed by atoms with Crippen LogP contribution in [0.1, 0.15) is 0 Å². The van der Waals surface area contributed by atoms with Crippen LogP contribution in [0, 0.1) is 0 Å². The van der Waals surface area contributed by atoms with Crippen LogP contribution in [0.4, 0.5) is 0 Å². The minimum atomic E-state index is -4.82. The van der Waals surface area contributed by atoms with Crippen LogP contribution in [-0.2, 0) is 25.5 Å². The second kappa shape index (κ2) is 7.33. The first-order valence-electron chi connectivity index (χ1n) is 5.77. The van der Waals surface area contributed by atoms with Crippen LogP contribution in [-0.4, -0.2) is 92.9 Å². The molecule has 1 aliphatic heterocycles. The average Bonchev–Trinajstić information content (AvgIpc) is 2.60.